The van der Waals surface area contributed by atoms with Crippen LogP contribution in [0.1, 0.15) is 32.8 Å². The third-order valence-electron chi connectivity index (χ3n) is 4.47. The van der Waals surface area contributed by atoms with Crippen LogP contribution in [0.25, 0.3) is 0 Å². The maximum atomic E-state index is 12.0. The summed E-state index contributed by atoms with van der Waals surface area (Å²) in [5.74, 6) is 0. The van der Waals surface area contributed by atoms with Crippen molar-refractivity contribution in [1.29, 1.82) is 0 Å². The van der Waals surface area contributed by atoms with Crippen molar-refractivity contribution in [2.24, 2.45) is 5.41 Å². The van der Waals surface area contributed by atoms with Gasteiger partial charge in [-0.1, -0.05) is 30.3 Å². The van der Waals surface area contributed by atoms with E-state index in [4.69, 9.17) is 4.74 Å². The second-order valence-corrected chi connectivity index (χ2v) is 7.78. The normalized spacial score (nSPS) is 21.0. The van der Waals surface area contributed by atoms with Crippen molar-refractivity contribution in [1.82, 2.24) is 9.80 Å². The van der Waals surface area contributed by atoms with Gasteiger partial charge in [-0.3, -0.25) is 4.90 Å². The van der Waals surface area contributed by atoms with E-state index < -0.39 is 5.60 Å². The molecule has 4 heteroatoms. The lowest BCUT2D eigenvalue weighted by molar-refractivity contribution is -0.0306. The lowest BCUT2D eigenvalue weighted by Gasteiger charge is -2.47. The highest BCUT2D eigenvalue weighted by atomic mass is 16.6. The van der Waals surface area contributed by atoms with Crippen molar-refractivity contribution in [2.75, 3.05) is 26.2 Å². The zero-order chi connectivity index (χ0) is 15.8. The van der Waals surface area contributed by atoms with E-state index >= 15 is 0 Å². The summed E-state index contributed by atoms with van der Waals surface area (Å²) < 4.78 is 5.44. The van der Waals surface area contributed by atoms with E-state index in [0.29, 0.717) is 5.41 Å². The van der Waals surface area contributed by atoms with Crippen molar-refractivity contribution < 1.29 is 9.53 Å². The first-order valence-electron chi connectivity index (χ1n) is 8.10. The third kappa shape index (κ3) is 3.43. The van der Waals surface area contributed by atoms with Gasteiger partial charge in [0.05, 0.1) is 0 Å². The van der Waals surface area contributed by atoms with E-state index in [1.807, 2.05) is 25.7 Å². The summed E-state index contributed by atoms with van der Waals surface area (Å²) in [6, 6.07) is 10.6. The predicted octanol–water partition coefficient (Wildman–Crippen LogP) is 3.13. The van der Waals surface area contributed by atoms with Crippen LogP contribution in [0.4, 0.5) is 4.79 Å². The summed E-state index contributed by atoms with van der Waals surface area (Å²) in [5, 5.41) is 0. The number of amides is 1. The molecule has 0 saturated carbocycles. The van der Waals surface area contributed by atoms with E-state index in [1.165, 1.54) is 12.0 Å². The van der Waals surface area contributed by atoms with E-state index in [9.17, 15) is 4.79 Å². The van der Waals surface area contributed by atoms with E-state index in [1.54, 1.807) is 0 Å². The van der Waals surface area contributed by atoms with Crippen LogP contribution in [-0.4, -0.2) is 47.7 Å². The maximum absolute atomic E-state index is 12.0. The molecule has 3 rings (SSSR count). The molecule has 120 valence electrons. The van der Waals surface area contributed by atoms with Crippen molar-refractivity contribution in [3.05, 3.63) is 35.9 Å². The minimum atomic E-state index is -0.408. The first-order valence-corrected chi connectivity index (χ1v) is 8.10. The van der Waals surface area contributed by atoms with Crippen molar-refractivity contribution >= 4 is 6.09 Å². The lowest BCUT2D eigenvalue weighted by atomic mass is 9.79. The first-order chi connectivity index (χ1) is 10.4. The van der Waals surface area contributed by atoms with Gasteiger partial charge in [0, 0.05) is 31.6 Å². The topological polar surface area (TPSA) is 32.8 Å². The SMILES string of the molecule is CC(C)(C)OC(=O)N1CC2(CCN(Cc3ccccc3)C2)C1. The minimum absolute atomic E-state index is 0.167. The molecule has 2 aliphatic rings. The van der Waals surface area contributed by atoms with Crippen LogP contribution in [0.5, 0.6) is 0 Å². The molecule has 4 nitrogen and oxygen atoms in total. The number of likely N-dealkylation sites (tertiary alicyclic amines) is 2. The molecule has 0 aliphatic carbocycles. The molecule has 2 aliphatic heterocycles. The molecule has 0 N–H and O–H groups in total. The van der Waals surface area contributed by atoms with Crippen molar-refractivity contribution in [3.8, 4) is 0 Å². The number of nitrogens with zero attached hydrogens (tertiary/aromatic N) is 2. The molecule has 2 fully saturated rings. The summed E-state index contributed by atoms with van der Waals surface area (Å²) in [4.78, 5) is 16.4. The van der Waals surface area contributed by atoms with Gasteiger partial charge in [0.2, 0.25) is 0 Å². The van der Waals surface area contributed by atoms with Gasteiger partial charge < -0.3 is 9.64 Å². The number of ether oxygens (including phenoxy) is 1. The molecule has 2 heterocycles. The fourth-order valence-electron chi connectivity index (χ4n) is 3.48. The second kappa shape index (κ2) is 5.58. The molecule has 2 saturated heterocycles. The van der Waals surface area contributed by atoms with Gasteiger partial charge >= 0.3 is 6.09 Å². The number of hydrogen-bond acceptors (Lipinski definition) is 3. The van der Waals surface area contributed by atoms with Crippen LogP contribution in [-0.2, 0) is 11.3 Å². The molecular formula is C18H26N2O2. The van der Waals surface area contributed by atoms with Crippen LogP contribution < -0.4 is 0 Å². The Morgan fingerprint density at radius 3 is 2.50 bits per heavy atom. The molecule has 22 heavy (non-hydrogen) atoms. The summed E-state index contributed by atoms with van der Waals surface area (Å²) in [6.07, 6.45) is 1.01. The van der Waals surface area contributed by atoms with Gasteiger partial charge in [0.1, 0.15) is 5.60 Å². The van der Waals surface area contributed by atoms with Gasteiger partial charge in [-0.15, -0.1) is 0 Å². The molecular weight excluding hydrogens is 276 g/mol. The fraction of sp³-hybridized carbons (Fsp3) is 0.611. The summed E-state index contributed by atoms with van der Waals surface area (Å²) in [6.45, 7) is 10.6. The maximum Gasteiger partial charge on any atom is 0.410 e. The Bertz CT molecular complexity index is 530. The highest BCUT2D eigenvalue weighted by Gasteiger charge is 2.50. The van der Waals surface area contributed by atoms with Crippen molar-refractivity contribution in [2.45, 2.75) is 39.3 Å². The number of carbonyl (C=O) groups excluding carboxylic acids is 1. The third-order valence-corrected chi connectivity index (χ3v) is 4.47. The largest absolute Gasteiger partial charge is 0.444 e. The zero-order valence-electron chi connectivity index (χ0n) is 13.8. The van der Waals surface area contributed by atoms with E-state index in [0.717, 1.165) is 32.7 Å². The Balaban J connectivity index is 1.49. The monoisotopic (exact) mass is 302 g/mol. The van der Waals surface area contributed by atoms with Crippen LogP contribution >= 0.6 is 0 Å². The van der Waals surface area contributed by atoms with Gasteiger partial charge in [-0.05, 0) is 39.3 Å². The Morgan fingerprint density at radius 2 is 1.86 bits per heavy atom. The van der Waals surface area contributed by atoms with Gasteiger partial charge in [0.15, 0.2) is 0 Å². The number of rotatable bonds is 2. The minimum Gasteiger partial charge on any atom is -0.444 e. The van der Waals surface area contributed by atoms with Gasteiger partial charge in [-0.2, -0.15) is 0 Å². The average molecular weight is 302 g/mol. The Kier molecular flexibility index (Phi) is 3.89. The smallest absolute Gasteiger partial charge is 0.410 e. The first kappa shape index (κ1) is 15.3. The molecule has 0 unspecified atom stereocenters. The van der Waals surface area contributed by atoms with E-state index in [2.05, 4.69) is 35.2 Å². The summed E-state index contributed by atoms with van der Waals surface area (Å²) in [7, 11) is 0. The van der Waals surface area contributed by atoms with Crippen LogP contribution in [0, 0.1) is 5.41 Å². The number of hydrogen-bond donors (Lipinski definition) is 0. The van der Waals surface area contributed by atoms with E-state index in [-0.39, 0.29) is 6.09 Å². The summed E-state index contributed by atoms with van der Waals surface area (Å²) in [5.41, 5.74) is 1.25. The average Bonchev–Trinajstić information content (AvgIpc) is 2.80. The predicted molar refractivity (Wildman–Crippen MR) is 86.6 cm³/mol. The van der Waals surface area contributed by atoms with Crippen LogP contribution in [0.3, 0.4) is 0 Å². The standard InChI is InChI=1S/C18H26N2O2/c1-17(2,3)22-16(21)20-13-18(14-20)9-10-19(12-18)11-15-7-5-4-6-8-15/h4-8H,9-14H2,1-3H3. The quantitative estimate of drug-likeness (QED) is 0.841. The molecule has 0 aromatic heterocycles. The summed E-state index contributed by atoms with van der Waals surface area (Å²) >= 11 is 0. The van der Waals surface area contributed by atoms with Crippen molar-refractivity contribution in [3.63, 3.8) is 0 Å². The zero-order valence-corrected chi connectivity index (χ0v) is 13.8. The molecule has 1 aromatic rings. The second-order valence-electron chi connectivity index (χ2n) is 7.78. The Hall–Kier alpha value is -1.55. The number of benzene rings is 1. The molecule has 1 spiro atoms. The fourth-order valence-corrected chi connectivity index (χ4v) is 3.48. The molecule has 1 amide bonds. The van der Waals surface area contributed by atoms with Crippen LogP contribution in [0.2, 0.25) is 0 Å². The Labute approximate surface area is 133 Å². The highest BCUT2D eigenvalue weighted by Crippen LogP contribution is 2.40. The lowest BCUT2D eigenvalue weighted by Crippen LogP contribution is -2.60. The molecule has 0 atom stereocenters. The molecule has 0 bridgehead atoms. The van der Waals surface area contributed by atoms with Gasteiger partial charge in [-0.25, -0.2) is 4.79 Å². The van der Waals surface area contributed by atoms with Gasteiger partial charge in [0.25, 0.3) is 0 Å². The van der Waals surface area contributed by atoms with Crippen LogP contribution in [0.15, 0.2) is 30.3 Å². The number of carbonyl (C=O) groups is 1. The Morgan fingerprint density at radius 1 is 1.18 bits per heavy atom. The highest BCUT2D eigenvalue weighted by molar-refractivity contribution is 5.69. The molecule has 1 aromatic carbocycles. The molecule has 0 radical (unpaired) electrons.